The van der Waals surface area contributed by atoms with Gasteiger partial charge in [-0.15, -0.1) is 0 Å². The number of nitriles is 1. The van der Waals surface area contributed by atoms with Crippen LogP contribution in [0.2, 0.25) is 0 Å². The largest absolute Gasteiger partial charge is 0.507 e. The Morgan fingerprint density at radius 2 is 1.56 bits per heavy atom. The molecule has 0 spiro atoms. The number of halogens is 1. The summed E-state index contributed by atoms with van der Waals surface area (Å²) in [5, 5.41) is 17.5. The fourth-order valence-electron chi connectivity index (χ4n) is 1.27. The van der Waals surface area contributed by atoms with Crippen molar-refractivity contribution in [3.8, 4) is 11.8 Å². The second-order valence-corrected chi connectivity index (χ2v) is 4.63. The van der Waals surface area contributed by atoms with Crippen molar-refractivity contribution in [2.24, 2.45) is 0 Å². The molecule has 2 nitrogen and oxygen atoms in total. The lowest BCUT2D eigenvalue weighted by atomic mass is 10.1. The zero-order chi connectivity index (χ0) is 13.5. The molecule has 0 saturated heterocycles. The molecule has 18 heavy (non-hydrogen) atoms. The highest BCUT2D eigenvalue weighted by Gasteiger charge is 2.01. The van der Waals surface area contributed by atoms with Crippen molar-refractivity contribution in [3.63, 3.8) is 0 Å². The van der Waals surface area contributed by atoms with Gasteiger partial charge in [-0.1, -0.05) is 30.3 Å². The van der Waals surface area contributed by atoms with Gasteiger partial charge in [-0.2, -0.15) is 5.26 Å². The maximum atomic E-state index is 9.03. The Morgan fingerprint density at radius 1 is 1.00 bits per heavy atom. The lowest BCUT2D eigenvalue weighted by Crippen LogP contribution is -1.75. The zero-order valence-corrected chi connectivity index (χ0v) is 11.9. The van der Waals surface area contributed by atoms with Gasteiger partial charge in [0.2, 0.25) is 0 Å². The Labute approximate surface area is 116 Å². The van der Waals surface area contributed by atoms with Gasteiger partial charge in [0.15, 0.2) is 0 Å². The Morgan fingerprint density at radius 3 is 1.94 bits per heavy atom. The summed E-state index contributed by atoms with van der Waals surface area (Å²) in [5.74, 6) is 0.0963. The summed E-state index contributed by atoms with van der Waals surface area (Å²) in [6, 6.07) is 15.1. The number of phenols is 1. The molecular weight excluding hydrogens is 290 g/mol. The van der Waals surface area contributed by atoms with Crippen molar-refractivity contribution < 1.29 is 5.11 Å². The van der Waals surface area contributed by atoms with E-state index in [-0.39, 0.29) is 5.75 Å². The van der Waals surface area contributed by atoms with Gasteiger partial charge in [-0.25, -0.2) is 0 Å². The SMILES string of the molecule is Cc1ccccc1C.N#Cc1cccc(O)c1Br. The second kappa shape index (κ2) is 6.83. The zero-order valence-electron chi connectivity index (χ0n) is 10.3. The van der Waals surface area contributed by atoms with Gasteiger partial charge in [0.05, 0.1) is 10.0 Å². The molecule has 2 aromatic carbocycles. The highest BCUT2D eigenvalue weighted by Crippen LogP contribution is 2.26. The van der Waals surface area contributed by atoms with Crippen LogP contribution in [0.3, 0.4) is 0 Å². The van der Waals surface area contributed by atoms with E-state index >= 15 is 0 Å². The summed E-state index contributed by atoms with van der Waals surface area (Å²) in [5.41, 5.74) is 3.18. The Bertz CT molecular complexity index is 552. The number of benzene rings is 2. The van der Waals surface area contributed by atoms with E-state index < -0.39 is 0 Å². The molecule has 0 amide bonds. The summed E-state index contributed by atoms with van der Waals surface area (Å²) in [6.07, 6.45) is 0. The molecule has 2 aromatic rings. The number of hydrogen-bond donors (Lipinski definition) is 1. The van der Waals surface area contributed by atoms with E-state index in [1.54, 1.807) is 12.1 Å². The predicted octanol–water partition coefficient (Wildman–Crippen LogP) is 4.33. The molecule has 0 fully saturated rings. The monoisotopic (exact) mass is 303 g/mol. The minimum Gasteiger partial charge on any atom is -0.507 e. The van der Waals surface area contributed by atoms with Crippen LogP contribution in [-0.4, -0.2) is 5.11 Å². The number of rotatable bonds is 0. The number of nitrogens with zero attached hydrogens (tertiary/aromatic N) is 1. The highest BCUT2D eigenvalue weighted by molar-refractivity contribution is 9.10. The van der Waals surface area contributed by atoms with Crippen molar-refractivity contribution in [2.45, 2.75) is 13.8 Å². The Hall–Kier alpha value is -1.79. The van der Waals surface area contributed by atoms with Crippen molar-refractivity contribution in [3.05, 3.63) is 63.6 Å². The van der Waals surface area contributed by atoms with Crippen LogP contribution in [0, 0.1) is 25.2 Å². The maximum absolute atomic E-state index is 9.03. The van der Waals surface area contributed by atoms with Gasteiger partial charge in [0.1, 0.15) is 11.8 Å². The lowest BCUT2D eigenvalue weighted by molar-refractivity contribution is 0.471. The van der Waals surface area contributed by atoms with Crippen LogP contribution in [0.25, 0.3) is 0 Å². The molecule has 2 rings (SSSR count). The van der Waals surface area contributed by atoms with Crippen LogP contribution in [-0.2, 0) is 0 Å². The van der Waals surface area contributed by atoms with Crippen LogP contribution >= 0.6 is 15.9 Å². The Balaban J connectivity index is 0.000000184. The molecule has 0 aliphatic rings. The topological polar surface area (TPSA) is 44.0 Å². The molecule has 0 aliphatic carbocycles. The molecule has 0 radical (unpaired) electrons. The van der Waals surface area contributed by atoms with Crippen LogP contribution < -0.4 is 0 Å². The third-order valence-corrected chi connectivity index (χ3v) is 3.36. The molecular formula is C15H14BrNO. The van der Waals surface area contributed by atoms with E-state index in [4.69, 9.17) is 10.4 Å². The smallest absolute Gasteiger partial charge is 0.131 e. The van der Waals surface area contributed by atoms with E-state index in [9.17, 15) is 0 Å². The summed E-state index contributed by atoms with van der Waals surface area (Å²) in [6.45, 7) is 4.24. The predicted molar refractivity (Wildman–Crippen MR) is 76.4 cm³/mol. The van der Waals surface area contributed by atoms with Crippen LogP contribution in [0.1, 0.15) is 16.7 Å². The Kier molecular flexibility index (Phi) is 5.41. The number of hydrogen-bond acceptors (Lipinski definition) is 2. The standard InChI is InChI=1S/C8H10.C7H4BrNO/c1-7-5-3-4-6-8(7)2;8-7-5(4-9)2-1-3-6(7)10/h3-6H,1-2H3;1-3,10H. The first-order chi connectivity index (χ1) is 8.56. The van der Waals surface area contributed by atoms with Gasteiger partial charge >= 0.3 is 0 Å². The fraction of sp³-hybridized carbons (Fsp3) is 0.133. The first-order valence-corrected chi connectivity index (χ1v) is 6.25. The van der Waals surface area contributed by atoms with Crippen LogP contribution in [0.5, 0.6) is 5.75 Å². The van der Waals surface area contributed by atoms with E-state index in [1.165, 1.54) is 17.2 Å². The summed E-state index contributed by atoms with van der Waals surface area (Å²) >= 11 is 3.07. The van der Waals surface area contributed by atoms with Crippen molar-refractivity contribution in [1.29, 1.82) is 5.26 Å². The molecule has 92 valence electrons. The maximum Gasteiger partial charge on any atom is 0.131 e. The van der Waals surface area contributed by atoms with Crippen molar-refractivity contribution >= 4 is 15.9 Å². The van der Waals surface area contributed by atoms with Gasteiger partial charge in [-0.3, -0.25) is 0 Å². The highest BCUT2D eigenvalue weighted by atomic mass is 79.9. The summed E-state index contributed by atoms with van der Waals surface area (Å²) in [7, 11) is 0. The van der Waals surface area contributed by atoms with Crippen molar-refractivity contribution in [1.82, 2.24) is 0 Å². The third kappa shape index (κ3) is 3.90. The quantitative estimate of drug-likeness (QED) is 0.787. The van der Waals surface area contributed by atoms with E-state index in [1.807, 2.05) is 6.07 Å². The van der Waals surface area contributed by atoms with Gasteiger partial charge < -0.3 is 5.11 Å². The van der Waals surface area contributed by atoms with Crippen molar-refractivity contribution in [2.75, 3.05) is 0 Å². The second-order valence-electron chi connectivity index (χ2n) is 3.83. The average Bonchev–Trinajstić information content (AvgIpc) is 2.37. The molecule has 0 aromatic heterocycles. The van der Waals surface area contributed by atoms with E-state index in [0.717, 1.165) is 0 Å². The molecule has 0 bridgehead atoms. The van der Waals surface area contributed by atoms with E-state index in [2.05, 4.69) is 54.0 Å². The molecule has 0 unspecified atom stereocenters. The number of aryl methyl sites for hydroxylation is 2. The minimum absolute atomic E-state index is 0.0963. The van der Waals surface area contributed by atoms with Gasteiger partial charge in [0.25, 0.3) is 0 Å². The first-order valence-electron chi connectivity index (χ1n) is 5.46. The average molecular weight is 304 g/mol. The fourth-order valence-corrected chi connectivity index (χ4v) is 1.62. The normalized spacial score (nSPS) is 9.00. The van der Waals surface area contributed by atoms with Gasteiger partial charge in [-0.05, 0) is 53.0 Å². The van der Waals surface area contributed by atoms with E-state index in [0.29, 0.717) is 10.0 Å². The molecule has 0 saturated carbocycles. The van der Waals surface area contributed by atoms with Crippen LogP contribution in [0.4, 0.5) is 0 Å². The summed E-state index contributed by atoms with van der Waals surface area (Å²) < 4.78 is 0.456. The molecule has 1 N–H and O–H groups in total. The lowest BCUT2D eigenvalue weighted by Gasteiger charge is -1.95. The number of phenolic OH excluding ortho intramolecular Hbond substituents is 1. The number of aromatic hydroxyl groups is 1. The minimum atomic E-state index is 0.0963. The first kappa shape index (κ1) is 14.3. The molecule has 3 heteroatoms. The molecule has 0 atom stereocenters. The third-order valence-electron chi connectivity index (χ3n) is 2.52. The summed E-state index contributed by atoms with van der Waals surface area (Å²) in [4.78, 5) is 0. The van der Waals surface area contributed by atoms with Crippen LogP contribution in [0.15, 0.2) is 46.9 Å². The molecule has 0 heterocycles. The van der Waals surface area contributed by atoms with Gasteiger partial charge in [0, 0.05) is 0 Å². The molecule has 0 aliphatic heterocycles.